The highest BCUT2D eigenvalue weighted by molar-refractivity contribution is 6.09. The first kappa shape index (κ1) is 16.4. The Balaban J connectivity index is 2.11. The molecule has 116 valence electrons. The summed E-state index contributed by atoms with van der Waals surface area (Å²) in [6.07, 6.45) is 5.85. The van der Waals surface area contributed by atoms with Crippen LogP contribution in [0.25, 0.3) is 6.08 Å². The molecule has 23 heavy (non-hydrogen) atoms. The van der Waals surface area contributed by atoms with E-state index in [1.165, 1.54) is 5.56 Å². The monoisotopic (exact) mass is 305 g/mol. The Morgan fingerprint density at radius 2 is 1.91 bits per heavy atom. The number of carbonyl (C=O) groups is 1. The van der Waals surface area contributed by atoms with Crippen LogP contribution in [-0.2, 0) is 4.79 Å². The highest BCUT2D eigenvalue weighted by atomic mass is 16.1. The van der Waals surface area contributed by atoms with Crippen molar-refractivity contribution < 1.29 is 4.79 Å². The molecule has 0 aliphatic carbocycles. The lowest BCUT2D eigenvalue weighted by atomic mass is 9.98. The number of rotatable bonds is 5. The van der Waals surface area contributed by atoms with Crippen LogP contribution in [-0.4, -0.2) is 10.9 Å². The van der Waals surface area contributed by atoms with E-state index < -0.39 is 5.91 Å². The maximum absolute atomic E-state index is 12.2. The van der Waals surface area contributed by atoms with E-state index in [2.05, 4.69) is 24.1 Å². The molecule has 0 unspecified atom stereocenters. The van der Waals surface area contributed by atoms with Gasteiger partial charge in [-0.3, -0.25) is 9.78 Å². The van der Waals surface area contributed by atoms with E-state index in [-0.39, 0.29) is 5.57 Å². The topological polar surface area (TPSA) is 65.8 Å². The van der Waals surface area contributed by atoms with E-state index in [1.807, 2.05) is 30.3 Å². The van der Waals surface area contributed by atoms with E-state index in [4.69, 9.17) is 0 Å². The zero-order chi connectivity index (χ0) is 16.7. The number of amides is 1. The highest BCUT2D eigenvalue weighted by Gasteiger charge is 2.10. The maximum Gasteiger partial charge on any atom is 0.266 e. The number of pyridine rings is 1. The number of nitrogens with zero attached hydrogens (tertiary/aromatic N) is 2. The van der Waals surface area contributed by atoms with Gasteiger partial charge in [-0.2, -0.15) is 5.26 Å². The minimum absolute atomic E-state index is 0.0576. The molecule has 0 aliphatic rings. The van der Waals surface area contributed by atoms with Crippen molar-refractivity contribution in [3.63, 3.8) is 0 Å². The molecule has 2 aromatic rings. The minimum atomic E-state index is -0.416. The van der Waals surface area contributed by atoms with Crippen LogP contribution in [0.5, 0.6) is 0 Å². The second-order valence-electron chi connectivity index (χ2n) is 5.34. The van der Waals surface area contributed by atoms with Crippen molar-refractivity contribution in [2.24, 2.45) is 0 Å². The summed E-state index contributed by atoms with van der Waals surface area (Å²) in [5.74, 6) is 0.0709. The third-order valence-electron chi connectivity index (χ3n) is 3.73. The second kappa shape index (κ2) is 7.90. The number of aromatic nitrogens is 1. The zero-order valence-corrected chi connectivity index (χ0v) is 13.3. The summed E-state index contributed by atoms with van der Waals surface area (Å²) in [6, 6.07) is 13.1. The number of carbonyl (C=O) groups excluding carboxylic acids is 1. The molecule has 0 saturated carbocycles. The van der Waals surface area contributed by atoms with Crippen LogP contribution in [0.2, 0.25) is 0 Å². The van der Waals surface area contributed by atoms with E-state index in [0.29, 0.717) is 11.6 Å². The van der Waals surface area contributed by atoms with E-state index >= 15 is 0 Å². The van der Waals surface area contributed by atoms with Crippen LogP contribution in [0.4, 0.5) is 5.69 Å². The van der Waals surface area contributed by atoms with Crippen LogP contribution in [0.15, 0.2) is 54.4 Å². The van der Waals surface area contributed by atoms with Gasteiger partial charge >= 0.3 is 0 Å². The number of nitriles is 1. The van der Waals surface area contributed by atoms with Gasteiger partial charge in [0.15, 0.2) is 0 Å². The number of hydrogen-bond donors (Lipinski definition) is 1. The Kier molecular flexibility index (Phi) is 5.65. The van der Waals surface area contributed by atoms with Gasteiger partial charge in [-0.1, -0.05) is 26.0 Å². The Bertz CT molecular complexity index is 727. The van der Waals surface area contributed by atoms with Gasteiger partial charge in [0.05, 0.1) is 0 Å². The molecule has 0 radical (unpaired) electrons. The Hall–Kier alpha value is -2.93. The van der Waals surface area contributed by atoms with Gasteiger partial charge in [-0.25, -0.2) is 0 Å². The van der Waals surface area contributed by atoms with Crippen LogP contribution < -0.4 is 5.32 Å². The fourth-order valence-corrected chi connectivity index (χ4v) is 2.10. The summed E-state index contributed by atoms with van der Waals surface area (Å²) >= 11 is 0. The van der Waals surface area contributed by atoms with Gasteiger partial charge in [0.1, 0.15) is 11.6 Å². The average molecular weight is 305 g/mol. The first-order chi connectivity index (χ1) is 11.1. The molecule has 1 aromatic heterocycles. The molecule has 1 atom stereocenters. The standard InChI is InChI=1S/C19H19N3O/c1-3-14(2)16-4-6-18(7-5-16)22-19(23)17(13-20)12-15-8-10-21-11-9-15/h4-12,14H,3H2,1-2H3,(H,22,23)/b17-12+/t14-/m1/s1. The zero-order valence-electron chi connectivity index (χ0n) is 13.3. The molecular formula is C19H19N3O. The molecule has 0 aliphatic heterocycles. The van der Waals surface area contributed by atoms with Crippen LogP contribution in [0.3, 0.4) is 0 Å². The molecule has 4 heteroatoms. The lowest BCUT2D eigenvalue weighted by Gasteiger charge is -2.10. The summed E-state index contributed by atoms with van der Waals surface area (Å²) in [5.41, 5.74) is 2.73. The van der Waals surface area contributed by atoms with Crippen molar-refractivity contribution in [3.05, 3.63) is 65.5 Å². The summed E-state index contributed by atoms with van der Waals surface area (Å²) in [4.78, 5) is 16.1. The average Bonchev–Trinajstić information content (AvgIpc) is 2.60. The van der Waals surface area contributed by atoms with Gasteiger partial charge in [0.2, 0.25) is 0 Å². The molecule has 1 heterocycles. The third-order valence-corrected chi connectivity index (χ3v) is 3.73. The summed E-state index contributed by atoms with van der Waals surface area (Å²) in [6.45, 7) is 4.31. The number of hydrogen-bond acceptors (Lipinski definition) is 3. The molecule has 1 N–H and O–H groups in total. The Morgan fingerprint density at radius 1 is 1.26 bits per heavy atom. The van der Waals surface area contributed by atoms with Gasteiger partial charge in [-0.05, 0) is 53.8 Å². The van der Waals surface area contributed by atoms with Gasteiger partial charge < -0.3 is 5.32 Å². The predicted molar refractivity (Wildman–Crippen MR) is 91.6 cm³/mol. The van der Waals surface area contributed by atoms with Crippen molar-refractivity contribution in [1.82, 2.24) is 4.98 Å². The lowest BCUT2D eigenvalue weighted by Crippen LogP contribution is -2.13. The van der Waals surface area contributed by atoms with Crippen LogP contribution in [0.1, 0.15) is 37.3 Å². The third kappa shape index (κ3) is 4.52. The fourth-order valence-electron chi connectivity index (χ4n) is 2.10. The van der Waals surface area contributed by atoms with Crippen molar-refractivity contribution >= 4 is 17.7 Å². The van der Waals surface area contributed by atoms with Gasteiger partial charge in [0, 0.05) is 18.1 Å². The van der Waals surface area contributed by atoms with Crippen LogP contribution >= 0.6 is 0 Å². The summed E-state index contributed by atoms with van der Waals surface area (Å²) in [7, 11) is 0. The van der Waals surface area contributed by atoms with E-state index in [0.717, 1.165) is 12.0 Å². The molecule has 0 bridgehead atoms. The Morgan fingerprint density at radius 3 is 2.48 bits per heavy atom. The highest BCUT2D eigenvalue weighted by Crippen LogP contribution is 2.20. The fraction of sp³-hybridized carbons (Fsp3) is 0.211. The number of anilines is 1. The lowest BCUT2D eigenvalue weighted by molar-refractivity contribution is -0.112. The number of benzene rings is 1. The normalized spacial score (nSPS) is 12.3. The summed E-state index contributed by atoms with van der Waals surface area (Å²) in [5, 5.41) is 11.9. The molecule has 0 spiro atoms. The molecule has 1 amide bonds. The van der Waals surface area contributed by atoms with Crippen LogP contribution in [0, 0.1) is 11.3 Å². The largest absolute Gasteiger partial charge is 0.321 e. The quantitative estimate of drug-likeness (QED) is 0.667. The first-order valence-electron chi connectivity index (χ1n) is 7.57. The molecule has 0 fully saturated rings. The molecular weight excluding hydrogens is 286 g/mol. The van der Waals surface area contributed by atoms with E-state index in [1.54, 1.807) is 30.6 Å². The Labute approximate surface area is 136 Å². The second-order valence-corrected chi connectivity index (χ2v) is 5.34. The summed E-state index contributed by atoms with van der Waals surface area (Å²) < 4.78 is 0. The van der Waals surface area contributed by atoms with Crippen molar-refractivity contribution in [1.29, 1.82) is 5.26 Å². The smallest absolute Gasteiger partial charge is 0.266 e. The predicted octanol–water partition coefficient (Wildman–Crippen LogP) is 4.14. The van der Waals surface area contributed by atoms with Gasteiger partial charge in [-0.15, -0.1) is 0 Å². The molecule has 2 rings (SSSR count). The number of nitrogens with one attached hydrogen (secondary N) is 1. The molecule has 1 aromatic carbocycles. The SMILES string of the molecule is CC[C@@H](C)c1ccc(NC(=O)/C(C#N)=C/c2ccncc2)cc1. The van der Waals surface area contributed by atoms with Crippen molar-refractivity contribution in [2.75, 3.05) is 5.32 Å². The van der Waals surface area contributed by atoms with E-state index in [9.17, 15) is 10.1 Å². The van der Waals surface area contributed by atoms with Gasteiger partial charge in [0.25, 0.3) is 5.91 Å². The maximum atomic E-state index is 12.2. The van der Waals surface area contributed by atoms with Crippen molar-refractivity contribution in [3.8, 4) is 6.07 Å². The molecule has 0 saturated heterocycles. The van der Waals surface area contributed by atoms with Crippen molar-refractivity contribution in [2.45, 2.75) is 26.2 Å². The first-order valence-corrected chi connectivity index (χ1v) is 7.57. The molecule has 4 nitrogen and oxygen atoms in total. The minimum Gasteiger partial charge on any atom is -0.321 e.